The number of aryl methyl sites for hydroxylation is 2. The Morgan fingerprint density at radius 2 is 2.35 bits per heavy atom. The van der Waals surface area contributed by atoms with Crippen LogP contribution in [0.4, 0.5) is 0 Å². The molecule has 0 bridgehead atoms. The van der Waals surface area contributed by atoms with Gasteiger partial charge in [-0.25, -0.2) is 9.78 Å². The topological polar surface area (TPSA) is 63.3 Å². The fourth-order valence-corrected chi connectivity index (χ4v) is 2.97. The Morgan fingerprint density at radius 3 is 2.88 bits per heavy atom. The average molecular weight is 269 g/mol. The third kappa shape index (κ3) is 2.89. The molecule has 0 aliphatic carbocycles. The lowest BCUT2D eigenvalue weighted by atomic mass is 10.4. The fourth-order valence-electron chi connectivity index (χ4n) is 1.25. The van der Waals surface area contributed by atoms with Gasteiger partial charge < -0.3 is 9.52 Å². The Bertz CT molecular complexity index is 525. The van der Waals surface area contributed by atoms with E-state index < -0.39 is 5.97 Å². The van der Waals surface area contributed by atoms with Crippen LogP contribution in [0.1, 0.15) is 27.0 Å². The normalized spacial score (nSPS) is 10.7. The van der Waals surface area contributed by atoms with Gasteiger partial charge in [-0.1, -0.05) is 0 Å². The molecule has 2 aromatic rings. The van der Waals surface area contributed by atoms with Gasteiger partial charge in [0.25, 0.3) is 0 Å². The molecule has 0 aliphatic heterocycles. The van der Waals surface area contributed by atoms with Gasteiger partial charge in [0, 0.05) is 10.3 Å². The van der Waals surface area contributed by atoms with Gasteiger partial charge in [0.15, 0.2) is 0 Å². The summed E-state index contributed by atoms with van der Waals surface area (Å²) in [6.45, 7) is 3.78. The summed E-state index contributed by atoms with van der Waals surface area (Å²) < 4.78 is 5.45. The van der Waals surface area contributed by atoms with E-state index in [2.05, 4.69) is 4.98 Å². The minimum absolute atomic E-state index is 0.354. The molecule has 4 nitrogen and oxygen atoms in total. The van der Waals surface area contributed by atoms with Crippen molar-refractivity contribution in [3.05, 3.63) is 33.7 Å². The van der Waals surface area contributed by atoms with E-state index in [1.807, 2.05) is 19.2 Å². The molecule has 0 aromatic carbocycles. The summed E-state index contributed by atoms with van der Waals surface area (Å²) >= 11 is 2.75. The lowest BCUT2D eigenvalue weighted by molar-refractivity contribution is 0.0702. The van der Waals surface area contributed by atoms with Crippen LogP contribution < -0.4 is 0 Å². The first-order valence-electron chi connectivity index (χ1n) is 4.94. The van der Waals surface area contributed by atoms with E-state index >= 15 is 0 Å². The second-order valence-electron chi connectivity index (χ2n) is 3.49. The highest BCUT2D eigenvalue weighted by atomic mass is 32.2. The third-order valence-electron chi connectivity index (χ3n) is 2.22. The second kappa shape index (κ2) is 4.93. The molecule has 0 saturated carbocycles. The van der Waals surface area contributed by atoms with Gasteiger partial charge in [-0.05, 0) is 19.9 Å². The maximum absolute atomic E-state index is 10.7. The van der Waals surface area contributed by atoms with Crippen molar-refractivity contribution in [2.24, 2.45) is 0 Å². The predicted molar refractivity (Wildman–Crippen MR) is 66.8 cm³/mol. The fraction of sp³-hybridized carbons (Fsp3) is 0.273. The summed E-state index contributed by atoms with van der Waals surface area (Å²) in [7, 11) is 0. The number of rotatable bonds is 4. The first kappa shape index (κ1) is 12.2. The van der Waals surface area contributed by atoms with Crippen molar-refractivity contribution in [3.8, 4) is 0 Å². The van der Waals surface area contributed by atoms with Crippen molar-refractivity contribution in [2.45, 2.75) is 24.5 Å². The minimum Gasteiger partial charge on any atom is -0.477 e. The molecule has 0 unspecified atom stereocenters. The number of thiophene rings is 1. The molecule has 2 rings (SSSR count). The quantitative estimate of drug-likeness (QED) is 0.862. The van der Waals surface area contributed by atoms with Crippen LogP contribution in [0.25, 0.3) is 0 Å². The van der Waals surface area contributed by atoms with Gasteiger partial charge in [-0.2, -0.15) is 0 Å². The molecule has 0 radical (unpaired) electrons. The van der Waals surface area contributed by atoms with Crippen molar-refractivity contribution < 1.29 is 14.3 Å². The van der Waals surface area contributed by atoms with Crippen molar-refractivity contribution in [1.82, 2.24) is 4.98 Å². The maximum atomic E-state index is 10.7. The summed E-state index contributed by atoms with van der Waals surface area (Å²) in [4.78, 5) is 16.3. The van der Waals surface area contributed by atoms with Crippen molar-refractivity contribution in [2.75, 3.05) is 0 Å². The molecule has 0 amide bonds. The van der Waals surface area contributed by atoms with Crippen molar-refractivity contribution >= 4 is 29.1 Å². The molecule has 2 aromatic heterocycles. The molecule has 0 atom stereocenters. The number of aromatic nitrogens is 1. The van der Waals surface area contributed by atoms with Gasteiger partial charge in [0.2, 0.25) is 5.89 Å². The first-order valence-corrected chi connectivity index (χ1v) is 6.80. The molecule has 6 heteroatoms. The smallest absolute Gasteiger partial charge is 0.345 e. The number of nitrogens with zero attached hydrogens (tertiary/aromatic N) is 1. The average Bonchev–Trinajstić information content (AvgIpc) is 2.84. The Balaban J connectivity index is 1.99. The number of carboxylic acid groups (broad SMARTS) is 1. The standard InChI is InChI=1S/C11H11NO3S2/c1-6-7(2)15-10(12-6)5-16-8-3-9(11(13)14)17-4-8/h3-4H,5H2,1-2H3,(H,13,14). The Hall–Kier alpha value is -1.27. The van der Waals surface area contributed by atoms with E-state index in [-0.39, 0.29) is 0 Å². The molecular formula is C11H11NO3S2. The van der Waals surface area contributed by atoms with Crippen molar-refractivity contribution in [1.29, 1.82) is 0 Å². The molecule has 0 saturated heterocycles. The van der Waals surface area contributed by atoms with Crippen LogP contribution in [-0.4, -0.2) is 16.1 Å². The zero-order chi connectivity index (χ0) is 12.4. The number of aromatic carboxylic acids is 1. The van der Waals surface area contributed by atoms with E-state index in [0.29, 0.717) is 16.5 Å². The SMILES string of the molecule is Cc1nc(CSc2csc(C(=O)O)c2)oc1C. The van der Waals surface area contributed by atoms with Crippen LogP contribution >= 0.6 is 23.1 Å². The van der Waals surface area contributed by atoms with Crippen LogP contribution in [0.5, 0.6) is 0 Å². The zero-order valence-corrected chi connectivity index (χ0v) is 11.0. The number of hydrogen-bond donors (Lipinski definition) is 1. The molecule has 0 spiro atoms. The lowest BCUT2D eigenvalue weighted by Crippen LogP contribution is -1.89. The Labute approximate surface area is 107 Å². The number of hydrogen-bond acceptors (Lipinski definition) is 5. The summed E-state index contributed by atoms with van der Waals surface area (Å²) in [5, 5.41) is 10.6. The second-order valence-corrected chi connectivity index (χ2v) is 5.45. The van der Waals surface area contributed by atoms with E-state index in [4.69, 9.17) is 9.52 Å². The Morgan fingerprint density at radius 1 is 1.59 bits per heavy atom. The number of oxazole rings is 1. The van der Waals surface area contributed by atoms with Crippen LogP contribution in [0.15, 0.2) is 20.8 Å². The monoisotopic (exact) mass is 269 g/mol. The zero-order valence-electron chi connectivity index (χ0n) is 9.39. The summed E-state index contributed by atoms with van der Waals surface area (Å²) in [6.07, 6.45) is 0. The molecule has 17 heavy (non-hydrogen) atoms. The van der Waals surface area contributed by atoms with E-state index in [1.54, 1.807) is 6.07 Å². The summed E-state index contributed by atoms with van der Waals surface area (Å²) in [5.74, 6) is 1.24. The van der Waals surface area contributed by atoms with Crippen LogP contribution in [0.2, 0.25) is 0 Å². The van der Waals surface area contributed by atoms with Crippen LogP contribution in [0.3, 0.4) is 0 Å². The number of carboxylic acids is 1. The Kier molecular flexibility index (Phi) is 3.54. The molecule has 0 fully saturated rings. The first-order chi connectivity index (χ1) is 8.06. The molecular weight excluding hydrogens is 258 g/mol. The van der Waals surface area contributed by atoms with E-state index in [1.165, 1.54) is 23.1 Å². The van der Waals surface area contributed by atoms with Crippen LogP contribution in [0, 0.1) is 13.8 Å². The summed E-state index contributed by atoms with van der Waals surface area (Å²) in [6, 6.07) is 1.67. The van der Waals surface area contributed by atoms with Gasteiger partial charge in [-0.3, -0.25) is 0 Å². The highest BCUT2D eigenvalue weighted by Gasteiger charge is 2.09. The lowest BCUT2D eigenvalue weighted by Gasteiger charge is -1.93. The minimum atomic E-state index is -0.885. The highest BCUT2D eigenvalue weighted by Crippen LogP contribution is 2.28. The van der Waals surface area contributed by atoms with Gasteiger partial charge in [0.05, 0.1) is 11.4 Å². The van der Waals surface area contributed by atoms with Crippen LogP contribution in [-0.2, 0) is 5.75 Å². The van der Waals surface area contributed by atoms with Crippen molar-refractivity contribution in [3.63, 3.8) is 0 Å². The number of thioether (sulfide) groups is 1. The molecule has 1 N–H and O–H groups in total. The highest BCUT2D eigenvalue weighted by molar-refractivity contribution is 7.98. The molecule has 2 heterocycles. The van der Waals surface area contributed by atoms with E-state index in [9.17, 15) is 4.79 Å². The molecule has 0 aliphatic rings. The van der Waals surface area contributed by atoms with Gasteiger partial charge in [0.1, 0.15) is 10.6 Å². The maximum Gasteiger partial charge on any atom is 0.345 e. The van der Waals surface area contributed by atoms with Gasteiger partial charge >= 0.3 is 5.97 Å². The van der Waals surface area contributed by atoms with Gasteiger partial charge in [-0.15, -0.1) is 23.1 Å². The third-order valence-corrected chi connectivity index (χ3v) is 4.25. The predicted octanol–water partition coefficient (Wildman–Crippen LogP) is 3.34. The summed E-state index contributed by atoms with van der Waals surface area (Å²) in [5.41, 5.74) is 0.900. The number of carbonyl (C=O) groups is 1. The molecule has 90 valence electrons. The van der Waals surface area contributed by atoms with E-state index in [0.717, 1.165) is 16.3 Å². The largest absolute Gasteiger partial charge is 0.477 e.